The van der Waals surface area contributed by atoms with Gasteiger partial charge in [0, 0.05) is 55.9 Å². The summed E-state index contributed by atoms with van der Waals surface area (Å²) >= 11 is 0. The molecule has 0 aliphatic carbocycles. The van der Waals surface area contributed by atoms with Gasteiger partial charge in [-0.2, -0.15) is 0 Å². The highest BCUT2D eigenvalue weighted by atomic mass is 16.3. The summed E-state index contributed by atoms with van der Waals surface area (Å²) in [5.41, 5.74) is 3.64. The Hall–Kier alpha value is -2.53. The lowest BCUT2D eigenvalue weighted by atomic mass is 10.1. The number of phenols is 1. The number of aromatic nitrogens is 2. The molecule has 3 aromatic rings. The minimum atomic E-state index is 0.258. The second-order valence-corrected chi connectivity index (χ2v) is 5.53. The molecule has 1 aliphatic heterocycles. The molecule has 1 aromatic carbocycles. The number of fused-ring (bicyclic) bond motifs is 1. The predicted molar refractivity (Wildman–Crippen MR) is 87.4 cm³/mol. The van der Waals surface area contributed by atoms with Crippen molar-refractivity contribution in [3.05, 3.63) is 48.8 Å². The Labute approximate surface area is 128 Å². The fourth-order valence-electron chi connectivity index (χ4n) is 2.91. The minimum absolute atomic E-state index is 0.258. The van der Waals surface area contributed by atoms with Crippen LogP contribution in [-0.2, 0) is 0 Å². The number of hydrogen-bond donors (Lipinski definition) is 2. The largest absolute Gasteiger partial charge is 0.507 e. The molecule has 0 amide bonds. The van der Waals surface area contributed by atoms with Crippen molar-refractivity contribution < 1.29 is 5.11 Å². The Morgan fingerprint density at radius 3 is 2.73 bits per heavy atom. The van der Waals surface area contributed by atoms with Gasteiger partial charge in [-0.3, -0.25) is 0 Å². The molecule has 1 fully saturated rings. The first-order valence-corrected chi connectivity index (χ1v) is 7.54. The summed E-state index contributed by atoms with van der Waals surface area (Å²) in [5.74, 6) is 0.258. The van der Waals surface area contributed by atoms with Crippen molar-refractivity contribution in [2.24, 2.45) is 0 Å². The van der Waals surface area contributed by atoms with E-state index in [4.69, 9.17) is 0 Å². The van der Waals surface area contributed by atoms with Crippen LogP contribution in [0.4, 0.5) is 5.69 Å². The van der Waals surface area contributed by atoms with Gasteiger partial charge in [-0.05, 0) is 18.2 Å². The first-order valence-electron chi connectivity index (χ1n) is 7.54. The zero-order valence-electron chi connectivity index (χ0n) is 12.2. The summed E-state index contributed by atoms with van der Waals surface area (Å²) in [5, 5.41) is 13.3. The Morgan fingerprint density at radius 1 is 1.09 bits per heavy atom. The highest BCUT2D eigenvalue weighted by molar-refractivity contribution is 5.70. The van der Waals surface area contributed by atoms with Crippen molar-refractivity contribution in [1.29, 1.82) is 0 Å². The van der Waals surface area contributed by atoms with E-state index in [1.165, 1.54) is 5.69 Å². The van der Waals surface area contributed by atoms with E-state index >= 15 is 0 Å². The summed E-state index contributed by atoms with van der Waals surface area (Å²) in [6.45, 7) is 4.07. The number of aromatic hydroxyl groups is 1. The zero-order valence-corrected chi connectivity index (χ0v) is 12.2. The van der Waals surface area contributed by atoms with Gasteiger partial charge in [-0.15, -0.1) is 0 Å². The van der Waals surface area contributed by atoms with E-state index < -0.39 is 0 Å². The van der Waals surface area contributed by atoms with Gasteiger partial charge in [0.15, 0.2) is 0 Å². The average molecular weight is 294 g/mol. The maximum absolute atomic E-state index is 9.98. The number of piperazine rings is 1. The highest BCUT2D eigenvalue weighted by Gasteiger charge is 2.13. The lowest BCUT2D eigenvalue weighted by molar-refractivity contribution is 0.477. The quantitative estimate of drug-likeness (QED) is 0.760. The molecule has 1 saturated heterocycles. The number of pyridine rings is 1. The van der Waals surface area contributed by atoms with Crippen molar-refractivity contribution in [2.75, 3.05) is 31.1 Å². The molecule has 0 bridgehead atoms. The van der Waals surface area contributed by atoms with Crippen LogP contribution in [0, 0.1) is 0 Å². The molecular formula is C17H18N4O. The van der Waals surface area contributed by atoms with Crippen LogP contribution in [0.15, 0.2) is 48.8 Å². The number of anilines is 1. The van der Waals surface area contributed by atoms with E-state index in [0.29, 0.717) is 0 Å². The number of nitrogens with zero attached hydrogens (tertiary/aromatic N) is 3. The normalized spacial score (nSPS) is 15.4. The topological polar surface area (TPSA) is 52.8 Å². The van der Waals surface area contributed by atoms with Gasteiger partial charge in [0.1, 0.15) is 11.4 Å². The van der Waals surface area contributed by atoms with E-state index in [1.54, 1.807) is 6.07 Å². The molecule has 0 radical (unpaired) electrons. The molecule has 4 rings (SSSR count). The third-order valence-corrected chi connectivity index (χ3v) is 4.11. The van der Waals surface area contributed by atoms with Crippen molar-refractivity contribution in [3.8, 4) is 17.0 Å². The molecule has 3 heterocycles. The summed E-state index contributed by atoms with van der Waals surface area (Å²) in [4.78, 5) is 7.03. The summed E-state index contributed by atoms with van der Waals surface area (Å²) in [6, 6.07) is 11.5. The molecular weight excluding hydrogens is 276 g/mol. The van der Waals surface area contributed by atoms with Crippen LogP contribution >= 0.6 is 0 Å². The first-order chi connectivity index (χ1) is 10.8. The van der Waals surface area contributed by atoms with Crippen LogP contribution in [0.2, 0.25) is 0 Å². The van der Waals surface area contributed by atoms with E-state index in [0.717, 1.165) is 43.1 Å². The highest BCUT2D eigenvalue weighted by Crippen LogP contribution is 2.28. The molecule has 2 aromatic heterocycles. The van der Waals surface area contributed by atoms with Crippen LogP contribution in [0.25, 0.3) is 16.9 Å². The van der Waals surface area contributed by atoms with Crippen molar-refractivity contribution >= 4 is 11.3 Å². The van der Waals surface area contributed by atoms with Crippen molar-refractivity contribution in [1.82, 2.24) is 14.7 Å². The van der Waals surface area contributed by atoms with Crippen LogP contribution in [0.1, 0.15) is 0 Å². The Kier molecular flexibility index (Phi) is 3.20. The average Bonchev–Trinajstić information content (AvgIpc) is 2.99. The zero-order chi connectivity index (χ0) is 14.9. The molecule has 5 heteroatoms. The van der Waals surface area contributed by atoms with Crippen molar-refractivity contribution in [2.45, 2.75) is 0 Å². The molecule has 0 saturated carbocycles. The third-order valence-electron chi connectivity index (χ3n) is 4.11. The Bertz CT molecular complexity index is 805. The number of rotatable bonds is 2. The lowest BCUT2D eigenvalue weighted by Gasteiger charge is -2.29. The van der Waals surface area contributed by atoms with E-state index in [1.807, 2.05) is 35.0 Å². The molecule has 0 unspecified atom stereocenters. The third kappa shape index (κ3) is 2.29. The fourth-order valence-corrected chi connectivity index (χ4v) is 2.91. The van der Waals surface area contributed by atoms with Crippen LogP contribution in [-0.4, -0.2) is 40.7 Å². The monoisotopic (exact) mass is 294 g/mol. The molecule has 2 N–H and O–H groups in total. The van der Waals surface area contributed by atoms with E-state index in [9.17, 15) is 5.11 Å². The molecule has 1 aliphatic rings. The minimum Gasteiger partial charge on any atom is -0.507 e. The number of nitrogens with one attached hydrogen (secondary N) is 1. The smallest absolute Gasteiger partial charge is 0.139 e. The summed E-state index contributed by atoms with van der Waals surface area (Å²) < 4.78 is 1.99. The van der Waals surface area contributed by atoms with Gasteiger partial charge in [-0.25, -0.2) is 4.98 Å². The molecule has 22 heavy (non-hydrogen) atoms. The fraction of sp³-hybridized carbons (Fsp3) is 0.235. The molecule has 5 nitrogen and oxygen atoms in total. The standard InChI is InChI=1S/C17H18N4O/c22-16-4-2-1-3-14(16)15-12-21-8-5-13(11-17(21)19-15)20-9-6-18-7-10-20/h1-5,8,11-12,18,22H,6-7,9-10H2. The summed E-state index contributed by atoms with van der Waals surface area (Å²) in [7, 11) is 0. The second-order valence-electron chi connectivity index (χ2n) is 5.53. The first kappa shape index (κ1) is 13.2. The molecule has 0 spiro atoms. The Morgan fingerprint density at radius 2 is 1.91 bits per heavy atom. The molecule has 112 valence electrons. The Balaban J connectivity index is 1.73. The maximum atomic E-state index is 9.98. The van der Waals surface area contributed by atoms with Crippen molar-refractivity contribution in [3.63, 3.8) is 0 Å². The van der Waals surface area contributed by atoms with Gasteiger partial charge in [0.25, 0.3) is 0 Å². The SMILES string of the molecule is Oc1ccccc1-c1cn2ccc(N3CCNCC3)cc2n1. The number of imidazole rings is 1. The van der Waals surface area contributed by atoms with Gasteiger partial charge in [-0.1, -0.05) is 12.1 Å². The summed E-state index contributed by atoms with van der Waals surface area (Å²) in [6.07, 6.45) is 3.98. The van der Waals surface area contributed by atoms with Gasteiger partial charge >= 0.3 is 0 Å². The molecule has 0 atom stereocenters. The predicted octanol–water partition coefficient (Wildman–Crippen LogP) is 2.12. The van der Waals surface area contributed by atoms with Gasteiger partial charge < -0.3 is 19.7 Å². The van der Waals surface area contributed by atoms with Crippen LogP contribution < -0.4 is 10.2 Å². The van der Waals surface area contributed by atoms with E-state index in [2.05, 4.69) is 27.3 Å². The van der Waals surface area contributed by atoms with Gasteiger partial charge in [0.05, 0.1) is 5.69 Å². The number of hydrogen-bond acceptors (Lipinski definition) is 4. The van der Waals surface area contributed by atoms with Crippen LogP contribution in [0.3, 0.4) is 0 Å². The number of para-hydroxylation sites is 1. The van der Waals surface area contributed by atoms with E-state index in [-0.39, 0.29) is 5.75 Å². The van der Waals surface area contributed by atoms with Gasteiger partial charge in [0.2, 0.25) is 0 Å². The second kappa shape index (κ2) is 5.35. The number of benzene rings is 1. The number of phenolic OH excluding ortho intramolecular Hbond substituents is 1. The van der Waals surface area contributed by atoms with Crippen LogP contribution in [0.5, 0.6) is 5.75 Å². The maximum Gasteiger partial charge on any atom is 0.139 e. The lowest BCUT2D eigenvalue weighted by Crippen LogP contribution is -2.43.